The number of amides is 1. The van der Waals surface area contributed by atoms with Crippen LogP contribution in [0.25, 0.3) is 0 Å². The molecule has 0 aromatic heterocycles. The highest BCUT2D eigenvalue weighted by atomic mass is 19.3. The van der Waals surface area contributed by atoms with Crippen LogP contribution in [0.5, 0.6) is 0 Å². The van der Waals surface area contributed by atoms with Crippen LogP contribution in [-0.4, -0.2) is 100 Å². The summed E-state index contributed by atoms with van der Waals surface area (Å²) in [5.41, 5.74) is 0. The fourth-order valence-corrected chi connectivity index (χ4v) is 5.04. The second kappa shape index (κ2) is 11.8. The van der Waals surface area contributed by atoms with Crippen molar-refractivity contribution in [2.45, 2.75) is 127 Å². The number of hydrogen-bond acceptors (Lipinski definition) is 9. The molecule has 4 unspecified atom stereocenters. The van der Waals surface area contributed by atoms with Crippen molar-refractivity contribution >= 4 is 5.91 Å². The van der Waals surface area contributed by atoms with Crippen LogP contribution in [0.1, 0.15) is 52.9 Å². The van der Waals surface area contributed by atoms with E-state index in [4.69, 9.17) is 18.9 Å². The first-order chi connectivity index (χ1) is 16.0. The zero-order chi connectivity index (χ0) is 25.2. The molecule has 1 aliphatic carbocycles. The molecule has 12 heteroatoms. The Balaban J connectivity index is 1.78. The molecule has 2 saturated heterocycles. The first-order valence-corrected chi connectivity index (χ1v) is 11.9. The van der Waals surface area contributed by atoms with Crippen molar-refractivity contribution in [3.05, 3.63) is 0 Å². The molecule has 1 saturated carbocycles. The Bertz CT molecular complexity index is 674. The average molecular weight is 498 g/mol. The zero-order valence-electron chi connectivity index (χ0n) is 19.6. The van der Waals surface area contributed by atoms with E-state index < -0.39 is 79.8 Å². The number of nitrogens with one attached hydrogen (secondary N) is 1. The van der Waals surface area contributed by atoms with Gasteiger partial charge in [-0.3, -0.25) is 4.79 Å². The summed E-state index contributed by atoms with van der Waals surface area (Å²) in [4.78, 5) is 11.7. The molecule has 0 spiro atoms. The van der Waals surface area contributed by atoms with Gasteiger partial charge < -0.3 is 44.7 Å². The predicted octanol–water partition coefficient (Wildman–Crippen LogP) is 0.0401. The summed E-state index contributed by atoms with van der Waals surface area (Å²) in [6.07, 6.45) is -12.4. The molecule has 0 radical (unpaired) electrons. The number of aliphatic hydroxyl groups excluding tert-OH is 4. The Morgan fingerprint density at radius 2 is 1.76 bits per heavy atom. The molecule has 198 valence electrons. The molecular weight excluding hydrogens is 460 g/mol. The first-order valence-electron chi connectivity index (χ1n) is 11.9. The maximum Gasteiger partial charge on any atom is 0.267 e. The molecule has 10 nitrogen and oxygen atoms in total. The van der Waals surface area contributed by atoms with Crippen LogP contribution >= 0.6 is 0 Å². The molecule has 5 N–H and O–H groups in total. The largest absolute Gasteiger partial charge is 0.390 e. The molecule has 12 atom stereocenters. The van der Waals surface area contributed by atoms with Crippen LogP contribution in [0.15, 0.2) is 0 Å². The van der Waals surface area contributed by atoms with Crippen LogP contribution in [0.3, 0.4) is 0 Å². The number of carbonyl (C=O) groups excluding carboxylic acids is 1. The van der Waals surface area contributed by atoms with Gasteiger partial charge in [-0.2, -0.15) is 0 Å². The third-order valence-electron chi connectivity index (χ3n) is 6.96. The number of carbonyl (C=O) groups is 1. The van der Waals surface area contributed by atoms with E-state index >= 15 is 0 Å². The van der Waals surface area contributed by atoms with Crippen LogP contribution in [0.4, 0.5) is 8.78 Å². The maximum atomic E-state index is 13.4. The molecule has 3 aliphatic rings. The van der Waals surface area contributed by atoms with Crippen molar-refractivity contribution in [2.24, 2.45) is 5.92 Å². The Morgan fingerprint density at radius 3 is 2.38 bits per heavy atom. The minimum Gasteiger partial charge on any atom is -0.390 e. The molecule has 3 fully saturated rings. The number of halogens is 2. The fourth-order valence-electron chi connectivity index (χ4n) is 5.04. The maximum absolute atomic E-state index is 13.4. The van der Waals surface area contributed by atoms with Crippen molar-refractivity contribution in [3.63, 3.8) is 0 Å². The van der Waals surface area contributed by atoms with Gasteiger partial charge in [0.1, 0.15) is 24.4 Å². The molecular formula is C22H37F2NO9. The lowest BCUT2D eigenvalue weighted by Gasteiger charge is -2.46. The van der Waals surface area contributed by atoms with Gasteiger partial charge in [0.25, 0.3) is 6.43 Å². The van der Waals surface area contributed by atoms with Crippen LogP contribution < -0.4 is 5.32 Å². The topological polar surface area (TPSA) is 147 Å². The van der Waals surface area contributed by atoms with Crippen molar-refractivity contribution in [1.82, 2.24) is 5.32 Å². The first kappa shape index (κ1) is 27.6. The standard InChI is InChI=1S/C22H37F2NO9/c1-4-11-6-5-7-14(18(11)33-22-17(30)16(29)15(28)9(2)31-22)32-21-12(25-10(3)26)8-13(27)19(34-21)20(23)24/h9,11-22,27-30H,4-8H2,1-3H3,(H,25,26)/t9-,11+,12?,13-,14+,15?,16-,17-,18?,19+,21+,22?/m0/s1. The quantitative estimate of drug-likeness (QED) is 0.329. The molecule has 3 rings (SSSR count). The number of rotatable bonds is 7. The monoisotopic (exact) mass is 497 g/mol. The summed E-state index contributed by atoms with van der Waals surface area (Å²) < 4.78 is 50.1. The highest BCUT2D eigenvalue weighted by molar-refractivity contribution is 5.73. The molecule has 34 heavy (non-hydrogen) atoms. The summed E-state index contributed by atoms with van der Waals surface area (Å²) in [7, 11) is 0. The molecule has 0 aromatic rings. The summed E-state index contributed by atoms with van der Waals surface area (Å²) >= 11 is 0. The van der Waals surface area contributed by atoms with Crippen molar-refractivity contribution < 1.29 is 52.9 Å². The fraction of sp³-hybridized carbons (Fsp3) is 0.955. The Hall–Kier alpha value is -0.990. The number of ether oxygens (including phenoxy) is 4. The van der Waals surface area contributed by atoms with E-state index in [2.05, 4.69) is 5.32 Å². The lowest BCUT2D eigenvalue weighted by Crippen LogP contribution is -2.60. The zero-order valence-corrected chi connectivity index (χ0v) is 19.6. The molecule has 0 bridgehead atoms. The third kappa shape index (κ3) is 6.22. The lowest BCUT2D eigenvalue weighted by atomic mass is 9.82. The Morgan fingerprint density at radius 1 is 1.06 bits per heavy atom. The van der Waals surface area contributed by atoms with E-state index in [1.54, 1.807) is 6.92 Å². The second-order valence-electron chi connectivity index (χ2n) is 9.47. The normalized spacial score (nSPS) is 45.8. The van der Waals surface area contributed by atoms with E-state index in [0.29, 0.717) is 12.8 Å². The second-order valence-corrected chi connectivity index (χ2v) is 9.47. The number of hydrogen-bond donors (Lipinski definition) is 5. The van der Waals surface area contributed by atoms with Crippen molar-refractivity contribution in [2.75, 3.05) is 0 Å². The van der Waals surface area contributed by atoms with Gasteiger partial charge in [0.2, 0.25) is 5.91 Å². The van der Waals surface area contributed by atoms with Crippen LogP contribution in [0, 0.1) is 5.92 Å². The SMILES string of the molecule is CC[C@@H]1CCC[C@@H](O[C@@H]2O[C@@H](C(F)F)[C@@H](O)CC2NC(C)=O)C1OC1O[C@@H](C)C(O)[C@H](O)[C@@H]1O. The van der Waals surface area contributed by atoms with E-state index in [0.717, 1.165) is 12.8 Å². The summed E-state index contributed by atoms with van der Waals surface area (Å²) in [6, 6.07) is -0.848. The highest BCUT2D eigenvalue weighted by Gasteiger charge is 2.48. The van der Waals surface area contributed by atoms with E-state index in [1.165, 1.54) is 6.92 Å². The Kier molecular flexibility index (Phi) is 9.60. The number of alkyl halides is 2. The minimum absolute atomic E-state index is 0.0202. The third-order valence-corrected chi connectivity index (χ3v) is 6.96. The minimum atomic E-state index is -2.94. The summed E-state index contributed by atoms with van der Waals surface area (Å²) in [5, 5.41) is 43.2. The van der Waals surface area contributed by atoms with Crippen molar-refractivity contribution in [1.29, 1.82) is 0 Å². The van der Waals surface area contributed by atoms with E-state index in [9.17, 15) is 34.0 Å². The lowest BCUT2D eigenvalue weighted by molar-refractivity contribution is -0.333. The molecule has 2 aliphatic heterocycles. The predicted molar refractivity (Wildman–Crippen MR) is 113 cm³/mol. The van der Waals surface area contributed by atoms with Gasteiger partial charge >= 0.3 is 0 Å². The van der Waals surface area contributed by atoms with Crippen LogP contribution in [0.2, 0.25) is 0 Å². The summed E-state index contributed by atoms with van der Waals surface area (Å²) in [6.45, 7) is 4.78. The van der Waals surface area contributed by atoms with Gasteiger partial charge in [-0.25, -0.2) is 8.78 Å². The van der Waals surface area contributed by atoms with E-state index in [1.807, 2.05) is 6.92 Å². The van der Waals surface area contributed by atoms with Gasteiger partial charge in [0, 0.05) is 13.3 Å². The van der Waals surface area contributed by atoms with E-state index in [-0.39, 0.29) is 12.3 Å². The molecule has 1 amide bonds. The molecule has 2 heterocycles. The Labute approximate surface area is 197 Å². The van der Waals surface area contributed by atoms with Gasteiger partial charge in [-0.05, 0) is 25.7 Å². The molecule has 0 aromatic carbocycles. The van der Waals surface area contributed by atoms with Crippen LogP contribution in [-0.2, 0) is 23.7 Å². The van der Waals surface area contributed by atoms with Crippen molar-refractivity contribution in [3.8, 4) is 0 Å². The van der Waals surface area contributed by atoms with Gasteiger partial charge in [0.05, 0.1) is 30.5 Å². The van der Waals surface area contributed by atoms with Gasteiger partial charge in [-0.1, -0.05) is 19.8 Å². The smallest absolute Gasteiger partial charge is 0.267 e. The highest BCUT2D eigenvalue weighted by Crippen LogP contribution is 2.36. The summed E-state index contributed by atoms with van der Waals surface area (Å²) in [5.74, 6) is -0.443. The average Bonchev–Trinajstić information content (AvgIpc) is 2.77. The number of aliphatic hydroxyl groups is 4. The van der Waals surface area contributed by atoms with Gasteiger partial charge in [0.15, 0.2) is 12.6 Å². The van der Waals surface area contributed by atoms with Gasteiger partial charge in [-0.15, -0.1) is 0 Å².